The van der Waals surface area contributed by atoms with Crippen LogP contribution in [0.1, 0.15) is 13.3 Å². The minimum Gasteiger partial charge on any atom is -0.368 e. The van der Waals surface area contributed by atoms with Crippen LogP contribution in [0.3, 0.4) is 0 Å². The van der Waals surface area contributed by atoms with E-state index < -0.39 is 6.29 Å². The molecule has 0 aliphatic rings. The van der Waals surface area contributed by atoms with Crippen molar-refractivity contribution in [1.82, 2.24) is 0 Å². The highest BCUT2D eigenvalue weighted by Gasteiger charge is 1.83. The smallest absolute Gasteiger partial charge is 0.151 e. The lowest BCUT2D eigenvalue weighted by Crippen LogP contribution is -1.99. The van der Waals surface area contributed by atoms with Crippen molar-refractivity contribution in [2.24, 2.45) is 0 Å². The number of hydrogen-bond donors (Lipinski definition) is 2. The van der Waals surface area contributed by atoms with Crippen LogP contribution >= 0.6 is 9.90 Å². The molecule has 0 aliphatic heterocycles. The molecule has 0 saturated heterocycles. The average Bonchev–Trinajstić information content (AvgIpc) is 1.38. The van der Waals surface area contributed by atoms with Crippen molar-refractivity contribution in [3.8, 4) is 0 Å². The Bertz CT molecular complexity index is 22.8. The molecule has 0 aromatic carbocycles. The van der Waals surface area contributed by atoms with Crippen LogP contribution in [0.25, 0.3) is 0 Å². The van der Waals surface area contributed by atoms with E-state index in [-0.39, 0.29) is 9.90 Å². The molecule has 0 aromatic heterocycles. The molecule has 0 fully saturated rings. The molecule has 0 rings (SSSR count). The summed E-state index contributed by atoms with van der Waals surface area (Å²) in [5, 5.41) is 15.8. The first kappa shape index (κ1) is 9.61. The molecule has 40 valence electrons. The van der Waals surface area contributed by atoms with Crippen LogP contribution in [0.15, 0.2) is 0 Å². The fraction of sp³-hybridized carbons (Fsp3) is 1.00. The second-order valence-corrected chi connectivity index (χ2v) is 0.889. The van der Waals surface area contributed by atoms with Crippen molar-refractivity contribution in [3.63, 3.8) is 0 Å². The maximum absolute atomic E-state index is 7.92. The highest BCUT2D eigenvalue weighted by molar-refractivity contribution is 6.92. The highest BCUT2D eigenvalue weighted by atomic mass is 31.0. The Labute approximate surface area is 40.8 Å². The summed E-state index contributed by atoms with van der Waals surface area (Å²) >= 11 is 0. The number of rotatable bonds is 1. The average molecular weight is 110 g/mol. The Balaban J connectivity index is 0. The first-order valence-electron chi connectivity index (χ1n) is 1.63. The summed E-state index contributed by atoms with van der Waals surface area (Å²) in [6, 6.07) is 0. The summed E-state index contributed by atoms with van der Waals surface area (Å²) < 4.78 is 0. The molecule has 0 aliphatic carbocycles. The number of aliphatic hydroxyl groups excluding tert-OH is 1. The van der Waals surface area contributed by atoms with E-state index in [1.165, 1.54) is 0 Å². The molecule has 0 saturated carbocycles. The lowest BCUT2D eigenvalue weighted by atomic mass is 10.5. The van der Waals surface area contributed by atoms with Crippen molar-refractivity contribution < 1.29 is 10.2 Å². The predicted molar refractivity (Wildman–Crippen MR) is 29.6 cm³/mol. The first-order valence-corrected chi connectivity index (χ1v) is 1.63. The van der Waals surface area contributed by atoms with E-state index in [1.54, 1.807) is 6.92 Å². The third kappa shape index (κ3) is 8.84. The van der Waals surface area contributed by atoms with Crippen LogP contribution in [-0.2, 0) is 0 Å². The lowest BCUT2D eigenvalue weighted by molar-refractivity contribution is -0.0413. The van der Waals surface area contributed by atoms with E-state index >= 15 is 0 Å². The van der Waals surface area contributed by atoms with E-state index in [0.29, 0.717) is 6.42 Å². The summed E-state index contributed by atoms with van der Waals surface area (Å²) in [6.45, 7) is 1.70. The number of hydrogen-bond acceptors (Lipinski definition) is 2. The molecule has 2 N–H and O–H groups in total. The van der Waals surface area contributed by atoms with Crippen molar-refractivity contribution in [2.45, 2.75) is 19.6 Å². The lowest BCUT2D eigenvalue weighted by Gasteiger charge is -1.90. The van der Waals surface area contributed by atoms with Crippen molar-refractivity contribution in [1.29, 1.82) is 0 Å². The van der Waals surface area contributed by atoms with Crippen LogP contribution in [-0.4, -0.2) is 16.5 Å². The zero-order chi connectivity index (χ0) is 4.28. The largest absolute Gasteiger partial charge is 0.368 e. The summed E-state index contributed by atoms with van der Waals surface area (Å²) in [6.07, 6.45) is -0.699. The summed E-state index contributed by atoms with van der Waals surface area (Å²) in [5.41, 5.74) is 0. The maximum Gasteiger partial charge on any atom is 0.151 e. The van der Waals surface area contributed by atoms with Crippen LogP contribution in [0.2, 0.25) is 0 Å². The van der Waals surface area contributed by atoms with E-state index in [1.807, 2.05) is 0 Å². The summed E-state index contributed by atoms with van der Waals surface area (Å²) in [7, 11) is 0. The van der Waals surface area contributed by atoms with Crippen LogP contribution in [0.4, 0.5) is 0 Å². The van der Waals surface area contributed by atoms with Gasteiger partial charge in [-0.1, -0.05) is 6.92 Å². The van der Waals surface area contributed by atoms with Gasteiger partial charge in [-0.25, -0.2) is 0 Å². The molecular weight excluding hydrogens is 99.0 g/mol. The molecule has 2 nitrogen and oxygen atoms in total. The summed E-state index contributed by atoms with van der Waals surface area (Å²) in [4.78, 5) is 0. The zero-order valence-electron chi connectivity index (χ0n) is 3.89. The third-order valence-corrected chi connectivity index (χ3v) is 0.365. The molecule has 0 spiro atoms. The Morgan fingerprint density at radius 1 is 1.50 bits per heavy atom. The molecule has 0 amide bonds. The molecule has 0 heterocycles. The van der Waals surface area contributed by atoms with Crippen LogP contribution in [0.5, 0.6) is 0 Å². The molecular formula is C3H11O2P. The van der Waals surface area contributed by atoms with Gasteiger partial charge in [0.2, 0.25) is 0 Å². The highest BCUT2D eigenvalue weighted by Crippen LogP contribution is 1.77. The van der Waals surface area contributed by atoms with Crippen molar-refractivity contribution in [3.05, 3.63) is 0 Å². The quantitative estimate of drug-likeness (QED) is 0.361. The molecule has 1 unspecified atom stereocenters. The molecule has 0 bridgehead atoms. The van der Waals surface area contributed by atoms with Gasteiger partial charge in [0.1, 0.15) is 0 Å². The van der Waals surface area contributed by atoms with Gasteiger partial charge in [0.05, 0.1) is 0 Å². The standard InChI is InChI=1S/C3H8O2.H3P/c1-2-3(4)5;/h3-5H,2H2,1H3;1H3. The molecule has 0 aromatic rings. The van der Waals surface area contributed by atoms with Gasteiger partial charge in [-0.05, 0) is 6.42 Å². The van der Waals surface area contributed by atoms with E-state index in [4.69, 9.17) is 10.2 Å². The minimum absolute atomic E-state index is 0. The second-order valence-electron chi connectivity index (χ2n) is 0.889. The molecule has 6 heavy (non-hydrogen) atoms. The maximum atomic E-state index is 7.92. The van der Waals surface area contributed by atoms with Gasteiger partial charge in [-0.15, -0.1) is 0 Å². The van der Waals surface area contributed by atoms with Crippen molar-refractivity contribution in [2.75, 3.05) is 0 Å². The van der Waals surface area contributed by atoms with Gasteiger partial charge in [0.15, 0.2) is 6.29 Å². The van der Waals surface area contributed by atoms with Gasteiger partial charge in [-0.3, -0.25) is 0 Å². The van der Waals surface area contributed by atoms with E-state index in [0.717, 1.165) is 0 Å². The molecule has 0 radical (unpaired) electrons. The first-order chi connectivity index (χ1) is 2.27. The summed E-state index contributed by atoms with van der Waals surface area (Å²) in [5.74, 6) is 0. The number of aliphatic hydroxyl groups is 2. The predicted octanol–water partition coefficient (Wildman–Crippen LogP) is -0.235. The Morgan fingerprint density at radius 2 is 1.67 bits per heavy atom. The van der Waals surface area contributed by atoms with Crippen LogP contribution in [0, 0.1) is 0 Å². The van der Waals surface area contributed by atoms with E-state index in [2.05, 4.69) is 0 Å². The van der Waals surface area contributed by atoms with Gasteiger partial charge in [0.25, 0.3) is 0 Å². The molecule has 1 atom stereocenters. The zero-order valence-corrected chi connectivity index (χ0v) is 5.30. The normalized spacial score (nSPS) is 8.00. The molecule has 3 heteroatoms. The van der Waals surface area contributed by atoms with Crippen molar-refractivity contribution >= 4 is 9.90 Å². The second kappa shape index (κ2) is 5.35. The Hall–Kier alpha value is 0.350. The monoisotopic (exact) mass is 110 g/mol. The Kier molecular flexibility index (Phi) is 8.56. The Morgan fingerprint density at radius 3 is 1.67 bits per heavy atom. The SMILES string of the molecule is CCC(O)O.P. The fourth-order valence-corrected chi connectivity index (χ4v) is 0. The topological polar surface area (TPSA) is 40.5 Å². The van der Waals surface area contributed by atoms with Gasteiger partial charge in [0, 0.05) is 0 Å². The van der Waals surface area contributed by atoms with Gasteiger partial charge < -0.3 is 10.2 Å². The van der Waals surface area contributed by atoms with Gasteiger partial charge in [-0.2, -0.15) is 9.90 Å². The third-order valence-electron chi connectivity index (χ3n) is 0.365. The minimum atomic E-state index is -1.12. The fourth-order valence-electron chi connectivity index (χ4n) is 0. The van der Waals surface area contributed by atoms with E-state index in [9.17, 15) is 0 Å². The van der Waals surface area contributed by atoms with Gasteiger partial charge >= 0.3 is 0 Å². The van der Waals surface area contributed by atoms with Crippen LogP contribution < -0.4 is 0 Å².